The Morgan fingerprint density at radius 1 is 1.21 bits per heavy atom. The molecule has 3 aromatic rings. The molecule has 0 saturated heterocycles. The molecule has 3 heteroatoms. The Hall–Kier alpha value is -1.87. The van der Waals surface area contributed by atoms with Gasteiger partial charge in [0.25, 0.3) is 0 Å². The molecule has 3 nitrogen and oxygen atoms in total. The van der Waals surface area contributed by atoms with Gasteiger partial charge < -0.3 is 10.3 Å². The maximum Gasteiger partial charge on any atom is 0.0519 e. The van der Waals surface area contributed by atoms with Gasteiger partial charge in [-0.3, -0.25) is 4.98 Å². The zero-order valence-corrected chi connectivity index (χ0v) is 11.4. The Morgan fingerprint density at radius 2 is 2.05 bits per heavy atom. The number of hydrogen-bond donors (Lipinski definition) is 1. The number of nitrogens with zero attached hydrogens (tertiary/aromatic N) is 2. The molecule has 19 heavy (non-hydrogen) atoms. The lowest BCUT2D eigenvalue weighted by Gasteiger charge is -2.11. The lowest BCUT2D eigenvalue weighted by Crippen LogP contribution is -2.04. The third kappa shape index (κ3) is 1.90. The molecule has 0 amide bonds. The van der Waals surface area contributed by atoms with Crippen molar-refractivity contribution in [2.45, 2.75) is 19.3 Å². The van der Waals surface area contributed by atoms with E-state index in [2.05, 4.69) is 47.8 Å². The van der Waals surface area contributed by atoms with Crippen molar-refractivity contribution in [3.05, 3.63) is 42.2 Å². The minimum Gasteiger partial charge on any atom is -0.344 e. The van der Waals surface area contributed by atoms with Crippen LogP contribution in [0.2, 0.25) is 0 Å². The summed E-state index contributed by atoms with van der Waals surface area (Å²) in [5, 5.41) is 2.49. The topological polar surface area (TPSA) is 43.8 Å². The monoisotopic (exact) mass is 253 g/mol. The first kappa shape index (κ1) is 12.2. The highest BCUT2D eigenvalue weighted by molar-refractivity contribution is 6.07. The minimum atomic E-state index is 0.505. The van der Waals surface area contributed by atoms with Crippen LogP contribution in [0.4, 0.5) is 0 Å². The molecule has 0 spiro atoms. The third-order valence-corrected chi connectivity index (χ3v) is 4.00. The van der Waals surface area contributed by atoms with Crippen LogP contribution in [-0.4, -0.2) is 16.1 Å². The predicted octanol–water partition coefficient (Wildman–Crippen LogP) is 3.18. The quantitative estimate of drug-likeness (QED) is 0.779. The van der Waals surface area contributed by atoms with Crippen LogP contribution in [0.25, 0.3) is 21.8 Å². The first-order valence-electron chi connectivity index (χ1n) is 6.74. The molecular weight excluding hydrogens is 234 g/mol. The number of fused-ring (bicyclic) bond motifs is 3. The molecule has 0 radical (unpaired) electrons. The van der Waals surface area contributed by atoms with E-state index in [-0.39, 0.29) is 0 Å². The van der Waals surface area contributed by atoms with Crippen molar-refractivity contribution >= 4 is 21.8 Å². The summed E-state index contributed by atoms with van der Waals surface area (Å²) in [6.07, 6.45) is 4.82. The number of benzene rings is 1. The minimum absolute atomic E-state index is 0.505. The van der Waals surface area contributed by atoms with Crippen molar-refractivity contribution in [3.63, 3.8) is 0 Å². The zero-order valence-electron chi connectivity index (χ0n) is 11.4. The molecule has 2 heterocycles. The van der Waals surface area contributed by atoms with Gasteiger partial charge in [0.2, 0.25) is 0 Å². The Morgan fingerprint density at radius 3 is 2.84 bits per heavy atom. The van der Waals surface area contributed by atoms with Gasteiger partial charge in [-0.1, -0.05) is 19.1 Å². The lowest BCUT2D eigenvalue weighted by atomic mass is 9.97. The van der Waals surface area contributed by atoms with Crippen molar-refractivity contribution in [1.82, 2.24) is 9.55 Å². The van der Waals surface area contributed by atoms with Gasteiger partial charge in [0.1, 0.15) is 0 Å². The van der Waals surface area contributed by atoms with Gasteiger partial charge in [0.15, 0.2) is 0 Å². The van der Waals surface area contributed by atoms with Crippen LogP contribution in [0.15, 0.2) is 36.7 Å². The number of nitrogens with two attached hydrogens (primary N) is 1. The van der Waals surface area contributed by atoms with Crippen molar-refractivity contribution in [2.24, 2.45) is 12.8 Å². The van der Waals surface area contributed by atoms with Gasteiger partial charge in [-0.15, -0.1) is 0 Å². The van der Waals surface area contributed by atoms with Gasteiger partial charge in [-0.05, 0) is 36.6 Å². The molecule has 1 atom stereocenters. The summed E-state index contributed by atoms with van der Waals surface area (Å²) in [7, 11) is 2.11. The van der Waals surface area contributed by atoms with E-state index in [0.717, 1.165) is 13.0 Å². The van der Waals surface area contributed by atoms with Gasteiger partial charge in [0.05, 0.1) is 5.52 Å². The van der Waals surface area contributed by atoms with Gasteiger partial charge in [0, 0.05) is 35.7 Å². The fourth-order valence-corrected chi connectivity index (χ4v) is 2.79. The van der Waals surface area contributed by atoms with Gasteiger partial charge >= 0.3 is 0 Å². The molecule has 0 aliphatic carbocycles. The molecule has 0 saturated carbocycles. The van der Waals surface area contributed by atoms with E-state index in [1.54, 1.807) is 0 Å². The maximum atomic E-state index is 5.66. The summed E-state index contributed by atoms with van der Waals surface area (Å²) in [5.41, 5.74) is 9.51. The fourth-order valence-electron chi connectivity index (χ4n) is 2.79. The van der Waals surface area contributed by atoms with Crippen LogP contribution in [0.3, 0.4) is 0 Å². The van der Waals surface area contributed by atoms with E-state index in [9.17, 15) is 0 Å². The molecule has 0 aliphatic heterocycles. The second-order valence-corrected chi connectivity index (χ2v) is 5.21. The Kier molecular flexibility index (Phi) is 2.99. The van der Waals surface area contributed by atoms with Crippen molar-refractivity contribution in [3.8, 4) is 0 Å². The van der Waals surface area contributed by atoms with Gasteiger partial charge in [-0.2, -0.15) is 0 Å². The molecule has 1 unspecified atom stereocenters. The molecule has 98 valence electrons. The third-order valence-electron chi connectivity index (χ3n) is 4.00. The molecule has 2 aromatic heterocycles. The van der Waals surface area contributed by atoms with Gasteiger partial charge in [-0.25, -0.2) is 0 Å². The first-order chi connectivity index (χ1) is 9.22. The standard InChI is InChI=1S/C16H19N3/c1-11(5-7-17)12-3-4-13-14-10-18-8-6-15(14)19(2)16(13)9-12/h3-4,6,8-11H,5,7,17H2,1-2H3. The molecule has 2 N–H and O–H groups in total. The van der Waals surface area contributed by atoms with E-state index in [4.69, 9.17) is 5.73 Å². The summed E-state index contributed by atoms with van der Waals surface area (Å²) in [6, 6.07) is 8.78. The Balaban J connectivity index is 2.23. The second-order valence-electron chi connectivity index (χ2n) is 5.21. The summed E-state index contributed by atoms with van der Waals surface area (Å²) < 4.78 is 2.24. The van der Waals surface area contributed by atoms with Crippen molar-refractivity contribution in [2.75, 3.05) is 6.54 Å². The van der Waals surface area contributed by atoms with Crippen LogP contribution in [-0.2, 0) is 7.05 Å². The molecule has 1 aromatic carbocycles. The van der Waals surface area contributed by atoms with Crippen LogP contribution in [0, 0.1) is 0 Å². The number of aromatic nitrogens is 2. The summed E-state index contributed by atoms with van der Waals surface area (Å²) >= 11 is 0. The van der Waals surface area contributed by atoms with E-state index in [1.165, 1.54) is 27.4 Å². The molecule has 0 aliphatic rings. The first-order valence-corrected chi connectivity index (χ1v) is 6.74. The number of hydrogen-bond acceptors (Lipinski definition) is 2. The molecule has 3 rings (SSSR count). The van der Waals surface area contributed by atoms with E-state index in [1.807, 2.05) is 12.4 Å². The highest BCUT2D eigenvalue weighted by Crippen LogP contribution is 2.30. The van der Waals surface area contributed by atoms with Crippen LogP contribution in [0.5, 0.6) is 0 Å². The SMILES string of the molecule is CC(CCN)c1ccc2c3cnccc3n(C)c2c1. The number of pyridine rings is 1. The summed E-state index contributed by atoms with van der Waals surface area (Å²) in [5.74, 6) is 0.505. The van der Waals surface area contributed by atoms with Crippen LogP contribution < -0.4 is 5.73 Å². The zero-order chi connectivity index (χ0) is 13.4. The van der Waals surface area contributed by atoms with Crippen molar-refractivity contribution in [1.29, 1.82) is 0 Å². The fraction of sp³-hybridized carbons (Fsp3) is 0.312. The number of rotatable bonds is 3. The average molecular weight is 253 g/mol. The van der Waals surface area contributed by atoms with Crippen molar-refractivity contribution < 1.29 is 0 Å². The normalized spacial score (nSPS) is 13.2. The second kappa shape index (κ2) is 4.67. The smallest absolute Gasteiger partial charge is 0.0519 e. The Labute approximate surface area is 113 Å². The van der Waals surface area contributed by atoms with E-state index >= 15 is 0 Å². The lowest BCUT2D eigenvalue weighted by molar-refractivity contribution is 0.690. The predicted molar refractivity (Wildman–Crippen MR) is 80.3 cm³/mol. The van der Waals surface area contributed by atoms with Crippen LogP contribution in [0.1, 0.15) is 24.8 Å². The largest absolute Gasteiger partial charge is 0.344 e. The maximum absolute atomic E-state index is 5.66. The van der Waals surface area contributed by atoms with E-state index < -0.39 is 0 Å². The number of aryl methyl sites for hydroxylation is 1. The summed E-state index contributed by atoms with van der Waals surface area (Å²) in [4.78, 5) is 4.23. The van der Waals surface area contributed by atoms with Crippen LogP contribution >= 0.6 is 0 Å². The average Bonchev–Trinajstić information content (AvgIpc) is 2.73. The highest BCUT2D eigenvalue weighted by atomic mass is 14.9. The molecule has 0 fully saturated rings. The summed E-state index contributed by atoms with van der Waals surface area (Å²) in [6.45, 7) is 2.97. The highest BCUT2D eigenvalue weighted by Gasteiger charge is 2.11. The molecule has 0 bridgehead atoms. The Bertz CT molecular complexity index is 727. The molecular formula is C16H19N3. The van der Waals surface area contributed by atoms with E-state index in [0.29, 0.717) is 5.92 Å².